The lowest BCUT2D eigenvalue weighted by Gasteiger charge is -2.05. The Balaban J connectivity index is 3.25. The second-order valence-electron chi connectivity index (χ2n) is 2.28. The quantitative estimate of drug-likeness (QED) is 0.680. The molecule has 0 unspecified atom stereocenters. The average molecular weight is 298 g/mol. The molecule has 0 N–H and O–H groups in total. The number of alkyl halides is 1. The average Bonchev–Trinajstić information content (AvgIpc) is 2.01. The van der Waals surface area contributed by atoms with Crippen molar-refractivity contribution in [1.29, 1.82) is 0 Å². The molecule has 0 saturated carbocycles. The standard InChI is InChI=1S/C8H7Br2Cl/c1-5-6(4-11)2-3-7(9)8(5)10/h2-3H,4H2,1H3. The van der Waals surface area contributed by atoms with E-state index in [0.717, 1.165) is 8.95 Å². The maximum absolute atomic E-state index is 5.72. The molecule has 0 fully saturated rings. The van der Waals surface area contributed by atoms with Gasteiger partial charge >= 0.3 is 0 Å². The van der Waals surface area contributed by atoms with Gasteiger partial charge in [0.1, 0.15) is 0 Å². The predicted molar refractivity (Wildman–Crippen MR) is 56.1 cm³/mol. The SMILES string of the molecule is Cc1c(CCl)ccc(Br)c1Br. The highest BCUT2D eigenvalue weighted by atomic mass is 79.9. The first-order valence-electron chi connectivity index (χ1n) is 3.16. The lowest BCUT2D eigenvalue weighted by molar-refractivity contribution is 1.27. The first-order valence-corrected chi connectivity index (χ1v) is 5.28. The van der Waals surface area contributed by atoms with Crippen LogP contribution in [0.25, 0.3) is 0 Å². The van der Waals surface area contributed by atoms with Crippen LogP contribution in [0.3, 0.4) is 0 Å². The zero-order valence-electron chi connectivity index (χ0n) is 6.00. The third-order valence-corrected chi connectivity index (χ3v) is 4.10. The summed E-state index contributed by atoms with van der Waals surface area (Å²) in [5.74, 6) is 0.567. The van der Waals surface area contributed by atoms with E-state index in [1.807, 2.05) is 19.1 Å². The summed E-state index contributed by atoms with van der Waals surface area (Å²) in [4.78, 5) is 0. The van der Waals surface area contributed by atoms with Gasteiger partial charge in [-0.05, 0) is 56.0 Å². The minimum atomic E-state index is 0.567. The molecule has 60 valence electrons. The lowest BCUT2D eigenvalue weighted by Crippen LogP contribution is -1.86. The maximum Gasteiger partial charge on any atom is 0.0477 e. The normalized spacial score (nSPS) is 10.2. The van der Waals surface area contributed by atoms with Gasteiger partial charge in [-0.2, -0.15) is 0 Å². The van der Waals surface area contributed by atoms with Crippen molar-refractivity contribution in [3.8, 4) is 0 Å². The van der Waals surface area contributed by atoms with Crippen molar-refractivity contribution in [1.82, 2.24) is 0 Å². The molecule has 0 spiro atoms. The molecule has 3 heteroatoms. The van der Waals surface area contributed by atoms with E-state index in [1.54, 1.807) is 0 Å². The maximum atomic E-state index is 5.72. The third-order valence-electron chi connectivity index (χ3n) is 1.60. The molecule has 0 bridgehead atoms. The van der Waals surface area contributed by atoms with Gasteiger partial charge in [0.15, 0.2) is 0 Å². The molecule has 0 saturated heterocycles. The van der Waals surface area contributed by atoms with E-state index < -0.39 is 0 Å². The largest absolute Gasteiger partial charge is 0.122 e. The topological polar surface area (TPSA) is 0 Å². The second kappa shape index (κ2) is 3.92. The molecule has 1 aromatic rings. The van der Waals surface area contributed by atoms with E-state index in [9.17, 15) is 0 Å². The highest BCUT2D eigenvalue weighted by molar-refractivity contribution is 9.13. The zero-order chi connectivity index (χ0) is 8.43. The Kier molecular flexibility index (Phi) is 3.41. The van der Waals surface area contributed by atoms with Crippen LogP contribution in [0.1, 0.15) is 11.1 Å². The fraction of sp³-hybridized carbons (Fsp3) is 0.250. The molecule has 1 rings (SSSR count). The summed E-state index contributed by atoms with van der Waals surface area (Å²) in [5.41, 5.74) is 2.37. The van der Waals surface area contributed by atoms with Crippen LogP contribution in [0.2, 0.25) is 0 Å². The van der Waals surface area contributed by atoms with Gasteiger partial charge in [-0.15, -0.1) is 11.6 Å². The van der Waals surface area contributed by atoms with Crippen LogP contribution in [-0.4, -0.2) is 0 Å². The fourth-order valence-electron chi connectivity index (χ4n) is 0.837. The van der Waals surface area contributed by atoms with Crippen molar-refractivity contribution in [3.63, 3.8) is 0 Å². The number of halogens is 3. The smallest absolute Gasteiger partial charge is 0.0477 e. The Hall–Kier alpha value is 0.470. The van der Waals surface area contributed by atoms with Gasteiger partial charge in [-0.3, -0.25) is 0 Å². The van der Waals surface area contributed by atoms with Crippen LogP contribution in [0.4, 0.5) is 0 Å². The van der Waals surface area contributed by atoms with Crippen LogP contribution in [0, 0.1) is 6.92 Å². The molecule has 0 heterocycles. The van der Waals surface area contributed by atoms with Crippen LogP contribution in [-0.2, 0) is 5.88 Å². The Bertz CT molecular complexity index is 271. The molecule has 0 aromatic heterocycles. The van der Waals surface area contributed by atoms with Gasteiger partial charge in [-0.25, -0.2) is 0 Å². The molecular formula is C8H7Br2Cl. The first kappa shape index (κ1) is 9.56. The van der Waals surface area contributed by atoms with E-state index in [-0.39, 0.29) is 0 Å². The van der Waals surface area contributed by atoms with Crippen molar-refractivity contribution < 1.29 is 0 Å². The Morgan fingerprint density at radius 1 is 1.36 bits per heavy atom. The number of rotatable bonds is 1. The van der Waals surface area contributed by atoms with Gasteiger partial charge < -0.3 is 0 Å². The minimum absolute atomic E-state index is 0.567. The Morgan fingerprint density at radius 3 is 2.55 bits per heavy atom. The van der Waals surface area contributed by atoms with Gasteiger partial charge in [0.05, 0.1) is 0 Å². The van der Waals surface area contributed by atoms with E-state index in [4.69, 9.17) is 11.6 Å². The summed E-state index contributed by atoms with van der Waals surface area (Å²) in [6.45, 7) is 2.05. The summed E-state index contributed by atoms with van der Waals surface area (Å²) in [5, 5.41) is 0. The van der Waals surface area contributed by atoms with E-state index >= 15 is 0 Å². The molecular weight excluding hydrogens is 291 g/mol. The monoisotopic (exact) mass is 296 g/mol. The first-order chi connectivity index (χ1) is 5.16. The molecule has 0 aliphatic carbocycles. The summed E-state index contributed by atoms with van der Waals surface area (Å²) >= 11 is 12.6. The molecule has 0 amide bonds. The predicted octanol–water partition coefficient (Wildman–Crippen LogP) is 4.26. The van der Waals surface area contributed by atoms with E-state index in [2.05, 4.69) is 31.9 Å². The molecule has 1 aromatic carbocycles. The number of benzene rings is 1. The fourth-order valence-corrected chi connectivity index (χ4v) is 1.94. The highest BCUT2D eigenvalue weighted by Gasteiger charge is 2.03. The molecule has 0 aliphatic rings. The Morgan fingerprint density at radius 2 is 2.00 bits per heavy atom. The highest BCUT2D eigenvalue weighted by Crippen LogP contribution is 2.29. The second-order valence-corrected chi connectivity index (χ2v) is 4.19. The van der Waals surface area contributed by atoms with Crippen LogP contribution < -0.4 is 0 Å². The lowest BCUT2D eigenvalue weighted by atomic mass is 10.1. The summed E-state index contributed by atoms with van der Waals surface area (Å²) < 4.78 is 2.17. The van der Waals surface area contributed by atoms with Crippen molar-refractivity contribution >= 4 is 43.5 Å². The van der Waals surface area contributed by atoms with Gasteiger partial charge in [0.25, 0.3) is 0 Å². The molecule has 0 aliphatic heterocycles. The number of hydrogen-bond donors (Lipinski definition) is 0. The third kappa shape index (κ3) is 1.98. The molecule has 0 radical (unpaired) electrons. The van der Waals surface area contributed by atoms with Crippen molar-refractivity contribution in [3.05, 3.63) is 32.2 Å². The summed E-state index contributed by atoms with van der Waals surface area (Å²) in [7, 11) is 0. The van der Waals surface area contributed by atoms with Crippen LogP contribution >= 0.6 is 43.5 Å². The van der Waals surface area contributed by atoms with E-state index in [1.165, 1.54) is 11.1 Å². The molecule has 11 heavy (non-hydrogen) atoms. The Labute approximate surface area is 88.2 Å². The summed E-state index contributed by atoms with van der Waals surface area (Å²) in [6.07, 6.45) is 0. The van der Waals surface area contributed by atoms with E-state index in [0.29, 0.717) is 5.88 Å². The molecule has 0 nitrogen and oxygen atoms in total. The van der Waals surface area contributed by atoms with Gasteiger partial charge in [0.2, 0.25) is 0 Å². The van der Waals surface area contributed by atoms with Crippen molar-refractivity contribution in [2.75, 3.05) is 0 Å². The molecule has 0 atom stereocenters. The zero-order valence-corrected chi connectivity index (χ0v) is 9.92. The van der Waals surface area contributed by atoms with Crippen LogP contribution in [0.15, 0.2) is 21.1 Å². The van der Waals surface area contributed by atoms with Gasteiger partial charge in [0, 0.05) is 14.8 Å². The van der Waals surface area contributed by atoms with Crippen molar-refractivity contribution in [2.45, 2.75) is 12.8 Å². The number of hydrogen-bond acceptors (Lipinski definition) is 0. The van der Waals surface area contributed by atoms with Gasteiger partial charge in [-0.1, -0.05) is 6.07 Å². The summed E-state index contributed by atoms with van der Waals surface area (Å²) in [6, 6.07) is 4.02. The minimum Gasteiger partial charge on any atom is -0.122 e. The van der Waals surface area contributed by atoms with Crippen molar-refractivity contribution in [2.24, 2.45) is 0 Å². The van der Waals surface area contributed by atoms with Crippen LogP contribution in [0.5, 0.6) is 0 Å².